The molecule has 0 unspecified atom stereocenters. The summed E-state index contributed by atoms with van der Waals surface area (Å²) in [6, 6.07) is 6.82. The van der Waals surface area contributed by atoms with E-state index >= 15 is 0 Å². The van der Waals surface area contributed by atoms with Crippen LogP contribution in [0.5, 0.6) is 0 Å². The first-order valence-electron chi connectivity index (χ1n) is 5.26. The van der Waals surface area contributed by atoms with Gasteiger partial charge in [-0.3, -0.25) is 0 Å². The lowest BCUT2D eigenvalue weighted by Gasteiger charge is -2.32. The molecule has 0 atom stereocenters. The molecular formula is C12H12ClFN2. The molecule has 0 bridgehead atoms. The van der Waals surface area contributed by atoms with Gasteiger partial charge in [-0.1, -0.05) is 17.7 Å². The van der Waals surface area contributed by atoms with E-state index in [1.54, 1.807) is 12.1 Å². The molecule has 1 N–H and O–H groups in total. The first-order valence-corrected chi connectivity index (χ1v) is 5.64. The van der Waals surface area contributed by atoms with Gasteiger partial charge in [-0.25, -0.2) is 4.39 Å². The SMILES string of the molecule is N#CC1(c2c(F)cccc2Cl)CCNCC1. The van der Waals surface area contributed by atoms with Gasteiger partial charge in [-0.15, -0.1) is 0 Å². The highest BCUT2D eigenvalue weighted by atomic mass is 35.5. The third-order valence-corrected chi connectivity index (χ3v) is 3.43. The molecule has 16 heavy (non-hydrogen) atoms. The number of benzene rings is 1. The van der Waals surface area contributed by atoms with Crippen molar-refractivity contribution in [3.63, 3.8) is 0 Å². The Hall–Kier alpha value is -1.11. The molecule has 1 fully saturated rings. The second-order valence-electron chi connectivity index (χ2n) is 4.04. The molecule has 0 spiro atoms. The molecule has 0 saturated carbocycles. The number of hydrogen-bond acceptors (Lipinski definition) is 2. The average molecular weight is 239 g/mol. The van der Waals surface area contributed by atoms with Gasteiger partial charge in [0.15, 0.2) is 0 Å². The van der Waals surface area contributed by atoms with Crippen LogP contribution in [0.3, 0.4) is 0 Å². The fraction of sp³-hybridized carbons (Fsp3) is 0.417. The van der Waals surface area contributed by atoms with Crippen molar-refractivity contribution in [2.24, 2.45) is 0 Å². The Morgan fingerprint density at radius 3 is 2.62 bits per heavy atom. The van der Waals surface area contributed by atoms with E-state index < -0.39 is 5.41 Å². The number of nitrogens with zero attached hydrogens (tertiary/aromatic N) is 1. The molecule has 0 aliphatic carbocycles. The van der Waals surface area contributed by atoms with Gasteiger partial charge in [0.2, 0.25) is 0 Å². The van der Waals surface area contributed by atoms with Crippen LogP contribution < -0.4 is 5.32 Å². The van der Waals surface area contributed by atoms with Crippen LogP contribution in [0.1, 0.15) is 18.4 Å². The van der Waals surface area contributed by atoms with Gasteiger partial charge in [0.25, 0.3) is 0 Å². The van der Waals surface area contributed by atoms with Gasteiger partial charge >= 0.3 is 0 Å². The van der Waals surface area contributed by atoms with Gasteiger partial charge in [-0.05, 0) is 38.1 Å². The molecule has 1 aliphatic rings. The minimum atomic E-state index is -0.770. The van der Waals surface area contributed by atoms with E-state index in [1.165, 1.54) is 6.07 Å². The van der Waals surface area contributed by atoms with E-state index in [1.807, 2.05) is 0 Å². The lowest BCUT2D eigenvalue weighted by Crippen LogP contribution is -2.39. The lowest BCUT2D eigenvalue weighted by atomic mass is 9.74. The van der Waals surface area contributed by atoms with E-state index in [0.717, 1.165) is 13.1 Å². The highest BCUT2D eigenvalue weighted by molar-refractivity contribution is 6.31. The summed E-state index contributed by atoms with van der Waals surface area (Å²) in [5, 5.41) is 12.9. The Bertz CT molecular complexity index is 413. The fourth-order valence-electron chi connectivity index (χ4n) is 2.23. The summed E-state index contributed by atoms with van der Waals surface area (Å²) in [5.41, 5.74) is -0.408. The molecule has 0 aromatic heterocycles. The molecular weight excluding hydrogens is 227 g/mol. The van der Waals surface area contributed by atoms with Crippen LogP contribution in [0.15, 0.2) is 18.2 Å². The number of nitrogens with one attached hydrogen (secondary N) is 1. The van der Waals surface area contributed by atoms with Crippen molar-refractivity contribution in [1.29, 1.82) is 5.26 Å². The third kappa shape index (κ3) is 1.79. The van der Waals surface area contributed by atoms with Crippen molar-refractivity contribution in [3.8, 4) is 6.07 Å². The first kappa shape index (κ1) is 11.4. The Kier molecular flexibility index (Phi) is 3.13. The molecule has 1 aromatic rings. The zero-order chi connectivity index (χ0) is 11.6. The highest BCUT2D eigenvalue weighted by Crippen LogP contribution is 2.38. The van der Waals surface area contributed by atoms with Gasteiger partial charge in [0.1, 0.15) is 5.82 Å². The number of halogens is 2. The first-order chi connectivity index (χ1) is 7.69. The van der Waals surface area contributed by atoms with Crippen LogP contribution in [0, 0.1) is 17.1 Å². The van der Waals surface area contributed by atoms with Crippen LogP contribution in [-0.4, -0.2) is 13.1 Å². The van der Waals surface area contributed by atoms with Crippen LogP contribution >= 0.6 is 11.6 Å². The van der Waals surface area contributed by atoms with Crippen molar-refractivity contribution >= 4 is 11.6 Å². The van der Waals surface area contributed by atoms with E-state index in [0.29, 0.717) is 23.4 Å². The van der Waals surface area contributed by atoms with Crippen LogP contribution in [0.25, 0.3) is 0 Å². The fourth-order valence-corrected chi connectivity index (χ4v) is 2.57. The minimum Gasteiger partial charge on any atom is -0.317 e. The summed E-state index contributed by atoms with van der Waals surface area (Å²) in [5.74, 6) is -0.379. The molecule has 1 heterocycles. The van der Waals surface area contributed by atoms with Crippen molar-refractivity contribution < 1.29 is 4.39 Å². The number of rotatable bonds is 1. The Morgan fingerprint density at radius 2 is 2.06 bits per heavy atom. The van der Waals surface area contributed by atoms with E-state index in [2.05, 4.69) is 11.4 Å². The van der Waals surface area contributed by atoms with Crippen molar-refractivity contribution in [2.45, 2.75) is 18.3 Å². The van der Waals surface area contributed by atoms with E-state index in [-0.39, 0.29) is 5.82 Å². The Morgan fingerprint density at radius 1 is 1.38 bits per heavy atom. The maximum absolute atomic E-state index is 13.8. The maximum Gasteiger partial charge on any atom is 0.129 e. The summed E-state index contributed by atoms with van der Waals surface area (Å²) in [4.78, 5) is 0. The number of nitriles is 1. The maximum atomic E-state index is 13.8. The lowest BCUT2D eigenvalue weighted by molar-refractivity contribution is 0.370. The molecule has 1 aliphatic heterocycles. The topological polar surface area (TPSA) is 35.8 Å². The summed E-state index contributed by atoms with van der Waals surface area (Å²) in [7, 11) is 0. The predicted molar refractivity (Wildman–Crippen MR) is 60.8 cm³/mol. The zero-order valence-electron chi connectivity index (χ0n) is 8.76. The normalized spacial score (nSPS) is 19.1. The molecule has 4 heteroatoms. The molecule has 1 saturated heterocycles. The van der Waals surface area contributed by atoms with Gasteiger partial charge in [0.05, 0.1) is 11.5 Å². The van der Waals surface area contributed by atoms with Crippen LogP contribution in [-0.2, 0) is 5.41 Å². The van der Waals surface area contributed by atoms with E-state index in [9.17, 15) is 9.65 Å². The summed E-state index contributed by atoms with van der Waals surface area (Å²) in [6.07, 6.45) is 1.20. The quantitative estimate of drug-likeness (QED) is 0.817. The van der Waals surface area contributed by atoms with E-state index in [4.69, 9.17) is 11.6 Å². The summed E-state index contributed by atoms with van der Waals surface area (Å²) >= 11 is 6.02. The minimum absolute atomic E-state index is 0.350. The zero-order valence-corrected chi connectivity index (χ0v) is 9.52. The highest BCUT2D eigenvalue weighted by Gasteiger charge is 2.37. The van der Waals surface area contributed by atoms with Gasteiger partial charge in [-0.2, -0.15) is 5.26 Å². The molecule has 0 radical (unpaired) electrons. The van der Waals surface area contributed by atoms with Crippen molar-refractivity contribution in [1.82, 2.24) is 5.32 Å². The van der Waals surface area contributed by atoms with Crippen molar-refractivity contribution in [2.75, 3.05) is 13.1 Å². The second kappa shape index (κ2) is 4.40. The monoisotopic (exact) mass is 238 g/mol. The predicted octanol–water partition coefficient (Wildman–Crippen LogP) is 2.62. The summed E-state index contributed by atoms with van der Waals surface area (Å²) in [6.45, 7) is 1.44. The molecule has 1 aromatic carbocycles. The largest absolute Gasteiger partial charge is 0.317 e. The van der Waals surface area contributed by atoms with Crippen LogP contribution in [0.4, 0.5) is 4.39 Å². The Balaban J connectivity index is 2.52. The van der Waals surface area contributed by atoms with Gasteiger partial charge < -0.3 is 5.32 Å². The molecule has 84 valence electrons. The van der Waals surface area contributed by atoms with Crippen LogP contribution in [0.2, 0.25) is 5.02 Å². The Labute approximate surface area is 99.0 Å². The van der Waals surface area contributed by atoms with Crippen molar-refractivity contribution in [3.05, 3.63) is 34.6 Å². The number of hydrogen-bond donors (Lipinski definition) is 1. The number of piperidine rings is 1. The molecule has 0 amide bonds. The third-order valence-electron chi connectivity index (χ3n) is 3.11. The molecule has 2 rings (SSSR count). The summed E-state index contributed by atoms with van der Waals surface area (Å²) < 4.78 is 13.8. The van der Waals surface area contributed by atoms with Gasteiger partial charge in [0, 0.05) is 10.6 Å². The smallest absolute Gasteiger partial charge is 0.129 e. The second-order valence-corrected chi connectivity index (χ2v) is 4.45. The average Bonchev–Trinajstić information content (AvgIpc) is 2.30. The molecule has 2 nitrogen and oxygen atoms in total. The standard InChI is InChI=1S/C12H12ClFN2/c13-9-2-1-3-10(14)11(9)12(8-15)4-6-16-7-5-12/h1-3,16H,4-7H2.